The normalized spacial score (nSPS) is 11.1. The minimum Gasteiger partial charge on any atom is -0.323 e. The van der Waals surface area contributed by atoms with Gasteiger partial charge in [-0.2, -0.15) is 0 Å². The molecular formula is C16H18N4. The van der Waals surface area contributed by atoms with Crippen molar-refractivity contribution in [3.05, 3.63) is 54.2 Å². The molecule has 0 fully saturated rings. The lowest BCUT2D eigenvalue weighted by Crippen LogP contribution is -2.00. The van der Waals surface area contributed by atoms with Crippen molar-refractivity contribution in [3.63, 3.8) is 0 Å². The molecule has 0 aliphatic carbocycles. The van der Waals surface area contributed by atoms with Crippen molar-refractivity contribution in [1.29, 1.82) is 0 Å². The van der Waals surface area contributed by atoms with E-state index in [9.17, 15) is 0 Å². The first-order chi connectivity index (χ1) is 9.86. The van der Waals surface area contributed by atoms with Crippen LogP contribution in [0.4, 0.5) is 0 Å². The Bertz CT molecular complexity index is 688. The third-order valence-electron chi connectivity index (χ3n) is 3.38. The second-order valence-corrected chi connectivity index (χ2v) is 4.96. The van der Waals surface area contributed by atoms with Gasteiger partial charge in [0.15, 0.2) is 5.65 Å². The molecule has 0 atom stereocenters. The van der Waals surface area contributed by atoms with Crippen LogP contribution in [-0.2, 0) is 13.0 Å². The first kappa shape index (κ1) is 12.8. The zero-order valence-electron chi connectivity index (χ0n) is 11.7. The van der Waals surface area contributed by atoms with Crippen molar-refractivity contribution in [2.75, 3.05) is 0 Å². The molecule has 102 valence electrons. The average Bonchev–Trinajstić information content (AvgIpc) is 2.89. The molecular weight excluding hydrogens is 248 g/mol. The van der Waals surface area contributed by atoms with Gasteiger partial charge in [-0.3, -0.25) is 0 Å². The standard InChI is InChI=1S/C16H18N4/c1-2-3-9-15-17-10-14-16(19-15)18-12-20(14)11-13-7-5-4-6-8-13/h4-8,10,12H,2-3,9,11H2,1H3. The number of aryl methyl sites for hydroxylation is 1. The van der Waals surface area contributed by atoms with Crippen molar-refractivity contribution >= 4 is 11.2 Å². The summed E-state index contributed by atoms with van der Waals surface area (Å²) in [5.41, 5.74) is 3.04. The number of rotatable bonds is 5. The van der Waals surface area contributed by atoms with Crippen LogP contribution in [0.3, 0.4) is 0 Å². The van der Waals surface area contributed by atoms with Crippen molar-refractivity contribution in [2.45, 2.75) is 32.7 Å². The maximum Gasteiger partial charge on any atom is 0.181 e. The molecule has 1 aromatic carbocycles. The predicted octanol–water partition coefficient (Wildman–Crippen LogP) is 3.22. The summed E-state index contributed by atoms with van der Waals surface area (Å²) in [4.78, 5) is 13.4. The van der Waals surface area contributed by atoms with E-state index in [0.29, 0.717) is 0 Å². The number of hydrogen-bond donors (Lipinski definition) is 0. The summed E-state index contributed by atoms with van der Waals surface area (Å²) in [6.07, 6.45) is 6.94. The zero-order valence-corrected chi connectivity index (χ0v) is 11.7. The van der Waals surface area contributed by atoms with E-state index in [-0.39, 0.29) is 0 Å². The molecule has 3 rings (SSSR count). The monoisotopic (exact) mass is 266 g/mol. The summed E-state index contributed by atoms with van der Waals surface area (Å²) in [6, 6.07) is 10.4. The third-order valence-corrected chi connectivity index (χ3v) is 3.38. The topological polar surface area (TPSA) is 43.6 Å². The number of aromatic nitrogens is 4. The molecule has 0 aliphatic rings. The Morgan fingerprint density at radius 3 is 2.75 bits per heavy atom. The summed E-state index contributed by atoms with van der Waals surface area (Å²) < 4.78 is 2.09. The molecule has 0 radical (unpaired) electrons. The number of fused-ring (bicyclic) bond motifs is 1. The summed E-state index contributed by atoms with van der Waals surface area (Å²) in [5, 5.41) is 0. The van der Waals surface area contributed by atoms with E-state index in [2.05, 4.69) is 38.6 Å². The van der Waals surface area contributed by atoms with Gasteiger partial charge in [0.05, 0.1) is 12.5 Å². The number of benzene rings is 1. The van der Waals surface area contributed by atoms with Gasteiger partial charge < -0.3 is 4.57 Å². The van der Waals surface area contributed by atoms with Gasteiger partial charge in [-0.05, 0) is 12.0 Å². The molecule has 20 heavy (non-hydrogen) atoms. The highest BCUT2D eigenvalue weighted by atomic mass is 15.1. The van der Waals surface area contributed by atoms with Crippen LogP contribution in [0.1, 0.15) is 31.2 Å². The number of unbranched alkanes of at least 4 members (excludes halogenated alkanes) is 1. The van der Waals surface area contributed by atoms with Crippen LogP contribution in [0.5, 0.6) is 0 Å². The Labute approximate surface area is 118 Å². The molecule has 0 saturated carbocycles. The molecule has 0 bridgehead atoms. The highest BCUT2D eigenvalue weighted by Gasteiger charge is 2.06. The molecule has 2 aromatic heterocycles. The van der Waals surface area contributed by atoms with Crippen LogP contribution in [-0.4, -0.2) is 19.5 Å². The quantitative estimate of drug-likeness (QED) is 0.712. The minimum absolute atomic E-state index is 0.794. The maximum absolute atomic E-state index is 4.53. The molecule has 0 saturated heterocycles. The van der Waals surface area contributed by atoms with E-state index < -0.39 is 0 Å². The molecule has 4 heteroatoms. The van der Waals surface area contributed by atoms with Gasteiger partial charge in [0, 0.05) is 13.0 Å². The van der Waals surface area contributed by atoms with Crippen molar-refractivity contribution < 1.29 is 0 Å². The van der Waals surface area contributed by atoms with Crippen molar-refractivity contribution in [3.8, 4) is 0 Å². The Kier molecular flexibility index (Phi) is 3.72. The number of nitrogens with zero attached hydrogens (tertiary/aromatic N) is 4. The average molecular weight is 266 g/mol. The molecule has 0 unspecified atom stereocenters. The Hall–Kier alpha value is -2.23. The van der Waals surface area contributed by atoms with E-state index in [1.54, 1.807) is 0 Å². The summed E-state index contributed by atoms with van der Waals surface area (Å²) >= 11 is 0. The second-order valence-electron chi connectivity index (χ2n) is 4.96. The van der Waals surface area contributed by atoms with E-state index >= 15 is 0 Å². The van der Waals surface area contributed by atoms with E-state index in [4.69, 9.17) is 0 Å². The van der Waals surface area contributed by atoms with Gasteiger partial charge in [-0.1, -0.05) is 43.7 Å². The summed E-state index contributed by atoms with van der Waals surface area (Å²) in [5.74, 6) is 0.893. The first-order valence-corrected chi connectivity index (χ1v) is 7.07. The van der Waals surface area contributed by atoms with Gasteiger partial charge in [0.2, 0.25) is 0 Å². The maximum atomic E-state index is 4.53. The highest BCUT2D eigenvalue weighted by Crippen LogP contribution is 2.12. The van der Waals surface area contributed by atoms with E-state index in [0.717, 1.165) is 42.8 Å². The van der Waals surface area contributed by atoms with Crippen LogP contribution in [0.15, 0.2) is 42.9 Å². The predicted molar refractivity (Wildman–Crippen MR) is 79.5 cm³/mol. The van der Waals surface area contributed by atoms with E-state index in [1.807, 2.05) is 30.7 Å². The van der Waals surface area contributed by atoms with Crippen molar-refractivity contribution in [1.82, 2.24) is 19.5 Å². The molecule has 3 aromatic rings. The van der Waals surface area contributed by atoms with Gasteiger partial charge in [-0.25, -0.2) is 15.0 Å². The number of imidazole rings is 1. The molecule has 0 N–H and O–H groups in total. The van der Waals surface area contributed by atoms with Crippen LogP contribution in [0.2, 0.25) is 0 Å². The largest absolute Gasteiger partial charge is 0.323 e. The SMILES string of the molecule is CCCCc1ncc2c(ncn2Cc2ccccc2)n1. The molecule has 0 amide bonds. The fourth-order valence-electron chi connectivity index (χ4n) is 2.25. The minimum atomic E-state index is 0.794. The number of hydrogen-bond acceptors (Lipinski definition) is 3. The van der Waals surface area contributed by atoms with Crippen LogP contribution in [0.25, 0.3) is 11.2 Å². The Morgan fingerprint density at radius 2 is 1.95 bits per heavy atom. The Morgan fingerprint density at radius 1 is 1.10 bits per heavy atom. The van der Waals surface area contributed by atoms with Crippen LogP contribution < -0.4 is 0 Å². The third kappa shape index (κ3) is 2.69. The lowest BCUT2D eigenvalue weighted by molar-refractivity contribution is 0.754. The molecule has 2 heterocycles. The first-order valence-electron chi connectivity index (χ1n) is 7.07. The second kappa shape index (κ2) is 5.82. The zero-order chi connectivity index (χ0) is 13.8. The van der Waals surface area contributed by atoms with Gasteiger partial charge in [0.1, 0.15) is 11.3 Å². The van der Waals surface area contributed by atoms with Crippen LogP contribution in [0, 0.1) is 0 Å². The van der Waals surface area contributed by atoms with Gasteiger partial charge >= 0.3 is 0 Å². The van der Waals surface area contributed by atoms with Gasteiger partial charge in [0.25, 0.3) is 0 Å². The highest BCUT2D eigenvalue weighted by molar-refractivity contribution is 5.69. The van der Waals surface area contributed by atoms with E-state index in [1.165, 1.54) is 5.56 Å². The van der Waals surface area contributed by atoms with Gasteiger partial charge in [-0.15, -0.1) is 0 Å². The summed E-state index contributed by atoms with van der Waals surface area (Å²) in [6.45, 7) is 2.97. The lowest BCUT2D eigenvalue weighted by atomic mass is 10.2. The molecule has 0 spiro atoms. The Balaban J connectivity index is 1.86. The molecule has 0 aliphatic heterocycles. The fourth-order valence-corrected chi connectivity index (χ4v) is 2.25. The van der Waals surface area contributed by atoms with Crippen molar-refractivity contribution in [2.24, 2.45) is 0 Å². The molecule has 4 nitrogen and oxygen atoms in total. The fraction of sp³-hybridized carbons (Fsp3) is 0.312. The lowest BCUT2D eigenvalue weighted by Gasteiger charge is -2.04. The van der Waals surface area contributed by atoms with Crippen LogP contribution >= 0.6 is 0 Å². The summed E-state index contributed by atoms with van der Waals surface area (Å²) in [7, 11) is 0. The smallest absolute Gasteiger partial charge is 0.181 e.